The predicted molar refractivity (Wildman–Crippen MR) is 57.4 cm³/mol. The fourth-order valence-electron chi connectivity index (χ4n) is 2.03. The minimum absolute atomic E-state index is 0.0384. The first-order chi connectivity index (χ1) is 7.06. The number of carbonyl (C=O) groups excluding carboxylic acids is 1. The van der Waals surface area contributed by atoms with E-state index in [1.165, 1.54) is 7.11 Å². The summed E-state index contributed by atoms with van der Waals surface area (Å²) in [5.41, 5.74) is 0. The Morgan fingerprint density at radius 3 is 2.53 bits per heavy atom. The lowest BCUT2D eigenvalue weighted by atomic mass is 10.0. The van der Waals surface area contributed by atoms with Gasteiger partial charge in [0.05, 0.1) is 13.2 Å². The van der Waals surface area contributed by atoms with Crippen molar-refractivity contribution in [2.45, 2.75) is 51.3 Å². The number of esters is 1. The van der Waals surface area contributed by atoms with Gasteiger partial charge >= 0.3 is 5.97 Å². The lowest BCUT2D eigenvalue weighted by Crippen LogP contribution is -2.49. The number of rotatable bonds is 4. The first-order valence-electron chi connectivity index (χ1n) is 5.58. The third kappa shape index (κ3) is 3.18. The van der Waals surface area contributed by atoms with Crippen LogP contribution >= 0.6 is 0 Å². The van der Waals surface area contributed by atoms with Crippen LogP contribution in [0, 0.1) is 5.92 Å². The predicted octanol–water partition coefficient (Wildman–Crippen LogP) is 0.687. The van der Waals surface area contributed by atoms with Gasteiger partial charge in [0.25, 0.3) is 0 Å². The molecule has 0 aromatic rings. The van der Waals surface area contributed by atoms with E-state index in [9.17, 15) is 9.90 Å². The first-order valence-corrected chi connectivity index (χ1v) is 5.58. The summed E-state index contributed by atoms with van der Waals surface area (Å²) >= 11 is 0. The molecule has 2 N–H and O–H groups in total. The summed E-state index contributed by atoms with van der Waals surface area (Å²) in [6.45, 7) is 3.94. The molecule has 1 unspecified atom stereocenters. The third-order valence-electron chi connectivity index (χ3n) is 2.99. The van der Waals surface area contributed by atoms with Crippen LogP contribution in [-0.4, -0.2) is 36.4 Å². The molecule has 1 aliphatic carbocycles. The number of methoxy groups -OCH3 is 1. The lowest BCUT2D eigenvalue weighted by Gasteiger charge is -2.25. The van der Waals surface area contributed by atoms with Crippen LogP contribution in [0.3, 0.4) is 0 Å². The second-order valence-corrected chi connectivity index (χ2v) is 4.52. The van der Waals surface area contributed by atoms with Crippen molar-refractivity contribution in [1.82, 2.24) is 5.32 Å². The number of aliphatic hydroxyl groups is 1. The highest BCUT2D eigenvalue weighted by Gasteiger charge is 2.31. The first kappa shape index (κ1) is 12.5. The van der Waals surface area contributed by atoms with Gasteiger partial charge in [0.15, 0.2) is 0 Å². The Bertz CT molecular complexity index is 218. The van der Waals surface area contributed by atoms with Crippen molar-refractivity contribution in [1.29, 1.82) is 0 Å². The van der Waals surface area contributed by atoms with Crippen molar-refractivity contribution < 1.29 is 14.6 Å². The monoisotopic (exact) mass is 215 g/mol. The summed E-state index contributed by atoms with van der Waals surface area (Å²) in [6, 6.07) is -0.274. The zero-order chi connectivity index (χ0) is 11.4. The fraction of sp³-hybridized carbons (Fsp3) is 0.909. The zero-order valence-corrected chi connectivity index (χ0v) is 9.69. The molecule has 0 heterocycles. The van der Waals surface area contributed by atoms with Crippen LogP contribution < -0.4 is 5.32 Å². The lowest BCUT2D eigenvalue weighted by molar-refractivity contribution is -0.144. The largest absolute Gasteiger partial charge is 0.468 e. The molecule has 0 bridgehead atoms. The summed E-state index contributed by atoms with van der Waals surface area (Å²) in [4.78, 5) is 11.5. The average Bonchev–Trinajstić information content (AvgIpc) is 2.59. The second-order valence-electron chi connectivity index (χ2n) is 4.52. The van der Waals surface area contributed by atoms with Gasteiger partial charge in [-0.3, -0.25) is 10.1 Å². The molecule has 0 aromatic heterocycles. The molecule has 4 nitrogen and oxygen atoms in total. The average molecular weight is 215 g/mol. The van der Waals surface area contributed by atoms with Crippen molar-refractivity contribution in [2.24, 2.45) is 5.92 Å². The van der Waals surface area contributed by atoms with Crippen molar-refractivity contribution in [2.75, 3.05) is 7.11 Å². The maximum Gasteiger partial charge on any atom is 0.323 e. The summed E-state index contributed by atoms with van der Waals surface area (Å²) in [5, 5.41) is 12.9. The van der Waals surface area contributed by atoms with Crippen LogP contribution in [0.4, 0.5) is 0 Å². The summed E-state index contributed by atoms with van der Waals surface area (Å²) < 4.78 is 4.74. The molecule has 1 fully saturated rings. The highest BCUT2D eigenvalue weighted by atomic mass is 16.5. The number of ether oxygens (including phenoxy) is 1. The number of carbonyl (C=O) groups is 1. The van der Waals surface area contributed by atoms with Gasteiger partial charge in [0, 0.05) is 6.04 Å². The molecule has 0 aliphatic heterocycles. The zero-order valence-electron chi connectivity index (χ0n) is 9.69. The Kier molecular flexibility index (Phi) is 4.54. The smallest absolute Gasteiger partial charge is 0.323 e. The fourth-order valence-corrected chi connectivity index (χ4v) is 2.03. The SMILES string of the molecule is COC(=O)C(N[C@H]1CCC[C@@H]1O)C(C)C. The summed E-state index contributed by atoms with van der Waals surface area (Å²) in [6.07, 6.45) is 2.45. The van der Waals surface area contributed by atoms with Crippen LogP contribution in [0.25, 0.3) is 0 Å². The maximum absolute atomic E-state index is 11.5. The van der Waals surface area contributed by atoms with E-state index in [0.29, 0.717) is 0 Å². The molecule has 1 saturated carbocycles. The summed E-state index contributed by atoms with van der Waals surface area (Å²) in [5.74, 6) is -0.0747. The molecule has 4 heteroatoms. The Labute approximate surface area is 91.0 Å². The normalized spacial score (nSPS) is 28.1. The van der Waals surface area contributed by atoms with Gasteiger partial charge < -0.3 is 9.84 Å². The van der Waals surface area contributed by atoms with Gasteiger partial charge in [0.2, 0.25) is 0 Å². The standard InChI is InChI=1S/C11H21NO3/c1-7(2)10(11(14)15-3)12-8-5-4-6-9(8)13/h7-10,12-13H,4-6H2,1-3H3/t8-,9-,10?/m0/s1. The molecule has 0 amide bonds. The molecular weight excluding hydrogens is 194 g/mol. The van der Waals surface area contributed by atoms with Gasteiger partial charge in [-0.05, 0) is 25.2 Å². The van der Waals surface area contributed by atoms with Crippen molar-refractivity contribution in [3.8, 4) is 0 Å². The Hall–Kier alpha value is -0.610. The van der Waals surface area contributed by atoms with E-state index in [0.717, 1.165) is 19.3 Å². The van der Waals surface area contributed by atoms with E-state index >= 15 is 0 Å². The molecular formula is C11H21NO3. The number of nitrogens with one attached hydrogen (secondary N) is 1. The van der Waals surface area contributed by atoms with E-state index in [4.69, 9.17) is 4.74 Å². The van der Waals surface area contributed by atoms with E-state index in [-0.39, 0.29) is 30.1 Å². The molecule has 0 radical (unpaired) electrons. The Morgan fingerprint density at radius 2 is 2.13 bits per heavy atom. The van der Waals surface area contributed by atoms with E-state index < -0.39 is 0 Å². The van der Waals surface area contributed by atoms with Crippen molar-refractivity contribution in [3.05, 3.63) is 0 Å². The molecule has 15 heavy (non-hydrogen) atoms. The van der Waals surface area contributed by atoms with Gasteiger partial charge in [0.1, 0.15) is 6.04 Å². The topological polar surface area (TPSA) is 58.6 Å². The number of aliphatic hydroxyl groups excluding tert-OH is 1. The number of hydrogen-bond acceptors (Lipinski definition) is 4. The van der Waals surface area contributed by atoms with E-state index in [1.807, 2.05) is 13.8 Å². The molecule has 0 aromatic carbocycles. The van der Waals surface area contributed by atoms with Gasteiger partial charge in [-0.1, -0.05) is 13.8 Å². The van der Waals surface area contributed by atoms with Gasteiger partial charge in [-0.25, -0.2) is 0 Å². The molecule has 0 saturated heterocycles. The van der Waals surface area contributed by atoms with Gasteiger partial charge in [-0.15, -0.1) is 0 Å². The van der Waals surface area contributed by atoms with Crippen molar-refractivity contribution in [3.63, 3.8) is 0 Å². The molecule has 1 rings (SSSR count). The molecule has 0 spiro atoms. The summed E-state index contributed by atoms with van der Waals surface area (Å²) in [7, 11) is 1.39. The molecule has 3 atom stereocenters. The van der Waals surface area contributed by atoms with Gasteiger partial charge in [-0.2, -0.15) is 0 Å². The number of hydrogen-bond donors (Lipinski definition) is 2. The quantitative estimate of drug-likeness (QED) is 0.677. The minimum Gasteiger partial charge on any atom is -0.468 e. The Balaban J connectivity index is 2.54. The van der Waals surface area contributed by atoms with E-state index in [2.05, 4.69) is 5.32 Å². The van der Waals surface area contributed by atoms with Crippen molar-refractivity contribution >= 4 is 5.97 Å². The van der Waals surface area contributed by atoms with Crippen LogP contribution in [-0.2, 0) is 9.53 Å². The Morgan fingerprint density at radius 1 is 1.47 bits per heavy atom. The highest BCUT2D eigenvalue weighted by molar-refractivity contribution is 5.76. The van der Waals surface area contributed by atoms with Crippen LogP contribution in [0.1, 0.15) is 33.1 Å². The third-order valence-corrected chi connectivity index (χ3v) is 2.99. The van der Waals surface area contributed by atoms with Crippen LogP contribution in [0.15, 0.2) is 0 Å². The minimum atomic E-state index is -0.323. The van der Waals surface area contributed by atoms with Crippen LogP contribution in [0.5, 0.6) is 0 Å². The maximum atomic E-state index is 11.5. The molecule has 1 aliphatic rings. The van der Waals surface area contributed by atoms with E-state index in [1.54, 1.807) is 0 Å². The van der Waals surface area contributed by atoms with Crippen LogP contribution in [0.2, 0.25) is 0 Å². The second kappa shape index (κ2) is 5.47. The highest BCUT2D eigenvalue weighted by Crippen LogP contribution is 2.20. The molecule has 88 valence electrons.